The molecule has 2 aromatic rings. The molecule has 1 aromatic carbocycles. The van der Waals surface area contributed by atoms with Crippen molar-refractivity contribution in [1.82, 2.24) is 4.98 Å². The first kappa shape index (κ1) is 14.8. The van der Waals surface area contributed by atoms with Crippen LogP contribution in [0.5, 0.6) is 17.4 Å². The summed E-state index contributed by atoms with van der Waals surface area (Å²) in [5.74, 6) is 1.95. The smallest absolute Gasteiger partial charge is 0.213 e. The van der Waals surface area contributed by atoms with Crippen LogP contribution in [0.2, 0.25) is 0 Å². The van der Waals surface area contributed by atoms with Gasteiger partial charge in [-0.2, -0.15) is 0 Å². The van der Waals surface area contributed by atoms with Crippen LogP contribution in [0, 0.1) is 6.92 Å². The Labute approximate surface area is 124 Å². The molecule has 1 aromatic heterocycles. The van der Waals surface area contributed by atoms with Crippen LogP contribution >= 0.6 is 0 Å². The summed E-state index contributed by atoms with van der Waals surface area (Å²) in [7, 11) is 4.81. The third kappa shape index (κ3) is 3.51. The number of hydrogen-bond donors (Lipinski definition) is 0. The number of benzene rings is 1. The van der Waals surface area contributed by atoms with Gasteiger partial charge in [-0.3, -0.25) is 4.99 Å². The molecule has 5 nitrogen and oxygen atoms in total. The third-order valence-electron chi connectivity index (χ3n) is 3.05. The average Bonchev–Trinajstić information content (AvgIpc) is 2.53. The molecule has 0 bridgehead atoms. The Balaban J connectivity index is 2.27. The van der Waals surface area contributed by atoms with E-state index in [0.29, 0.717) is 17.4 Å². The van der Waals surface area contributed by atoms with Crippen molar-refractivity contribution in [3.05, 3.63) is 41.6 Å². The minimum absolute atomic E-state index is 0.566. The summed E-state index contributed by atoms with van der Waals surface area (Å²) >= 11 is 0. The van der Waals surface area contributed by atoms with E-state index in [0.717, 1.165) is 16.8 Å². The molecule has 0 saturated carbocycles. The van der Waals surface area contributed by atoms with E-state index in [4.69, 9.17) is 14.2 Å². The number of nitrogens with zero attached hydrogens (tertiary/aromatic N) is 2. The lowest BCUT2D eigenvalue weighted by Crippen LogP contribution is -1.95. The first-order valence-electron chi connectivity index (χ1n) is 6.44. The molecule has 21 heavy (non-hydrogen) atoms. The Morgan fingerprint density at radius 2 is 1.71 bits per heavy atom. The van der Waals surface area contributed by atoms with Gasteiger partial charge in [0.2, 0.25) is 5.88 Å². The summed E-state index contributed by atoms with van der Waals surface area (Å²) in [4.78, 5) is 8.52. The second-order valence-corrected chi connectivity index (χ2v) is 4.38. The van der Waals surface area contributed by atoms with Crippen molar-refractivity contribution >= 4 is 11.9 Å². The number of aliphatic imine (C=N–C) groups is 1. The van der Waals surface area contributed by atoms with E-state index in [9.17, 15) is 0 Å². The summed E-state index contributed by atoms with van der Waals surface area (Å²) in [5, 5.41) is 0. The fourth-order valence-electron chi connectivity index (χ4n) is 1.85. The predicted molar refractivity (Wildman–Crippen MR) is 82.3 cm³/mol. The Hall–Kier alpha value is -2.56. The maximum atomic E-state index is 5.30. The number of hydrogen-bond acceptors (Lipinski definition) is 5. The van der Waals surface area contributed by atoms with Gasteiger partial charge in [0, 0.05) is 12.3 Å². The molecule has 5 heteroatoms. The zero-order valence-electron chi connectivity index (χ0n) is 12.6. The molecule has 0 amide bonds. The van der Waals surface area contributed by atoms with E-state index in [1.54, 1.807) is 39.8 Å². The molecule has 0 saturated heterocycles. The summed E-state index contributed by atoms with van der Waals surface area (Å²) in [6, 6.07) is 7.44. The number of methoxy groups -OCH3 is 3. The molecule has 0 radical (unpaired) electrons. The molecular formula is C16H18N2O3. The van der Waals surface area contributed by atoms with Crippen molar-refractivity contribution in [2.75, 3.05) is 21.3 Å². The van der Waals surface area contributed by atoms with Crippen LogP contribution in [-0.4, -0.2) is 32.5 Å². The summed E-state index contributed by atoms with van der Waals surface area (Å²) in [6.07, 6.45) is 3.44. The highest BCUT2D eigenvalue weighted by Gasteiger charge is 2.07. The van der Waals surface area contributed by atoms with Crippen LogP contribution in [0.3, 0.4) is 0 Å². The van der Waals surface area contributed by atoms with E-state index in [1.165, 1.54) is 0 Å². The largest absolute Gasteiger partial charge is 0.493 e. The summed E-state index contributed by atoms with van der Waals surface area (Å²) in [6.45, 7) is 2.00. The third-order valence-corrected chi connectivity index (χ3v) is 3.05. The van der Waals surface area contributed by atoms with Crippen molar-refractivity contribution in [3.8, 4) is 17.4 Å². The first-order valence-corrected chi connectivity index (χ1v) is 6.44. The van der Waals surface area contributed by atoms with Gasteiger partial charge in [0.25, 0.3) is 0 Å². The van der Waals surface area contributed by atoms with Crippen LogP contribution in [-0.2, 0) is 0 Å². The minimum Gasteiger partial charge on any atom is -0.493 e. The molecule has 0 atom stereocenters. The van der Waals surface area contributed by atoms with Crippen LogP contribution in [0.1, 0.15) is 11.1 Å². The standard InChI is InChI=1S/C16H18N2O3/c1-11-7-14(19-2)15(20-3)8-12(11)9-17-13-5-6-16(21-4)18-10-13/h5-10H,1-4H3. The number of rotatable bonds is 5. The van der Waals surface area contributed by atoms with Gasteiger partial charge in [-0.05, 0) is 36.2 Å². The lowest BCUT2D eigenvalue weighted by molar-refractivity contribution is 0.354. The molecule has 0 aliphatic rings. The molecule has 0 aliphatic carbocycles. The van der Waals surface area contributed by atoms with Gasteiger partial charge in [-0.1, -0.05) is 0 Å². The lowest BCUT2D eigenvalue weighted by Gasteiger charge is -2.10. The topological polar surface area (TPSA) is 52.9 Å². The molecular weight excluding hydrogens is 268 g/mol. The van der Waals surface area contributed by atoms with E-state index in [2.05, 4.69) is 9.98 Å². The van der Waals surface area contributed by atoms with Crippen molar-refractivity contribution in [2.24, 2.45) is 4.99 Å². The normalized spacial score (nSPS) is 10.7. The molecule has 2 rings (SSSR count). The summed E-state index contributed by atoms with van der Waals surface area (Å²) < 4.78 is 15.6. The fourth-order valence-corrected chi connectivity index (χ4v) is 1.85. The molecule has 0 unspecified atom stereocenters. The Morgan fingerprint density at radius 3 is 2.29 bits per heavy atom. The van der Waals surface area contributed by atoms with Gasteiger partial charge in [0.15, 0.2) is 11.5 Å². The molecule has 0 N–H and O–H groups in total. The van der Waals surface area contributed by atoms with Crippen molar-refractivity contribution in [1.29, 1.82) is 0 Å². The number of pyridine rings is 1. The van der Waals surface area contributed by atoms with E-state index >= 15 is 0 Å². The molecule has 0 aliphatic heterocycles. The minimum atomic E-state index is 0.566. The molecule has 0 spiro atoms. The second kappa shape index (κ2) is 6.74. The lowest BCUT2D eigenvalue weighted by atomic mass is 10.1. The van der Waals surface area contributed by atoms with Crippen LogP contribution in [0.15, 0.2) is 35.5 Å². The number of ether oxygens (including phenoxy) is 3. The van der Waals surface area contributed by atoms with Crippen molar-refractivity contribution in [3.63, 3.8) is 0 Å². The Morgan fingerprint density at radius 1 is 1.00 bits per heavy atom. The zero-order chi connectivity index (χ0) is 15.2. The Bertz CT molecular complexity index is 637. The zero-order valence-corrected chi connectivity index (χ0v) is 12.6. The van der Waals surface area contributed by atoms with E-state index < -0.39 is 0 Å². The van der Waals surface area contributed by atoms with Gasteiger partial charge in [0.05, 0.1) is 33.2 Å². The Kier molecular flexibility index (Phi) is 4.77. The molecule has 110 valence electrons. The predicted octanol–water partition coefficient (Wildman–Crippen LogP) is 3.17. The maximum Gasteiger partial charge on any atom is 0.213 e. The second-order valence-electron chi connectivity index (χ2n) is 4.38. The van der Waals surface area contributed by atoms with Gasteiger partial charge in [-0.25, -0.2) is 4.98 Å². The monoisotopic (exact) mass is 286 g/mol. The van der Waals surface area contributed by atoms with E-state index in [1.807, 2.05) is 25.1 Å². The summed E-state index contributed by atoms with van der Waals surface area (Å²) in [5.41, 5.74) is 2.77. The van der Waals surface area contributed by atoms with Crippen LogP contribution in [0.4, 0.5) is 5.69 Å². The SMILES string of the molecule is COc1ccc(N=Cc2cc(OC)c(OC)cc2C)cn1. The fraction of sp³-hybridized carbons (Fsp3) is 0.250. The van der Waals surface area contributed by atoms with Gasteiger partial charge >= 0.3 is 0 Å². The average molecular weight is 286 g/mol. The van der Waals surface area contributed by atoms with E-state index in [-0.39, 0.29) is 0 Å². The number of aryl methyl sites for hydroxylation is 1. The first-order chi connectivity index (χ1) is 10.2. The quantitative estimate of drug-likeness (QED) is 0.792. The van der Waals surface area contributed by atoms with Gasteiger partial charge < -0.3 is 14.2 Å². The molecule has 0 fully saturated rings. The molecule has 1 heterocycles. The van der Waals surface area contributed by atoms with Crippen molar-refractivity contribution in [2.45, 2.75) is 6.92 Å². The van der Waals surface area contributed by atoms with Gasteiger partial charge in [0.1, 0.15) is 0 Å². The highest BCUT2D eigenvalue weighted by Crippen LogP contribution is 2.29. The van der Waals surface area contributed by atoms with Crippen LogP contribution < -0.4 is 14.2 Å². The van der Waals surface area contributed by atoms with Crippen LogP contribution in [0.25, 0.3) is 0 Å². The van der Waals surface area contributed by atoms with Crippen molar-refractivity contribution < 1.29 is 14.2 Å². The maximum absolute atomic E-state index is 5.30. The number of aromatic nitrogens is 1. The highest BCUT2D eigenvalue weighted by atomic mass is 16.5. The highest BCUT2D eigenvalue weighted by molar-refractivity contribution is 5.85. The van der Waals surface area contributed by atoms with Gasteiger partial charge in [-0.15, -0.1) is 0 Å².